The maximum Gasteiger partial charge on any atom is 0.324 e. The molecule has 0 aliphatic heterocycles. The number of hydrogen-bond donors (Lipinski definition) is 0. The van der Waals surface area contributed by atoms with Crippen LogP contribution in [-0.4, -0.2) is 30.5 Å². The first-order chi connectivity index (χ1) is 7.39. The highest BCUT2D eigenvalue weighted by Crippen LogP contribution is 2.19. The molecular weight excluding hydrogens is 240 g/mol. The van der Waals surface area contributed by atoms with Crippen molar-refractivity contribution in [2.75, 3.05) is 0 Å². The third kappa shape index (κ3) is 4.66. The van der Waals surface area contributed by atoms with Gasteiger partial charge in [-0.25, -0.2) is 8.42 Å². The molecule has 0 rings (SSSR count). The van der Waals surface area contributed by atoms with Gasteiger partial charge in [0.05, 0.1) is 5.25 Å². The highest BCUT2D eigenvalue weighted by Gasteiger charge is 2.36. The monoisotopic (exact) mass is 264 g/mol. The van der Waals surface area contributed by atoms with Crippen LogP contribution in [0.3, 0.4) is 0 Å². The maximum absolute atomic E-state index is 12.1. The van der Waals surface area contributed by atoms with E-state index in [-0.39, 0.29) is 5.92 Å². The van der Waals surface area contributed by atoms with Crippen LogP contribution in [0.25, 0.3) is 0 Å². The highest BCUT2D eigenvalue weighted by atomic mass is 32.2. The Balaban J connectivity index is 4.94. The summed E-state index contributed by atoms with van der Waals surface area (Å²) in [5.41, 5.74) is -0.665. The van der Waals surface area contributed by atoms with Gasteiger partial charge >= 0.3 is 5.97 Å². The third-order valence-corrected chi connectivity index (χ3v) is 5.45. The standard InChI is InChI=1S/C12H24O4S/c1-8(2)9(3)17(14,15)10(4)11(13)16-12(5,6)7/h8-10H,1-7H3. The van der Waals surface area contributed by atoms with Gasteiger partial charge in [-0.3, -0.25) is 4.79 Å². The smallest absolute Gasteiger partial charge is 0.324 e. The molecule has 0 aromatic carbocycles. The number of carbonyl (C=O) groups excluding carboxylic acids is 1. The lowest BCUT2D eigenvalue weighted by molar-refractivity contribution is -0.153. The lowest BCUT2D eigenvalue weighted by Gasteiger charge is -2.25. The van der Waals surface area contributed by atoms with E-state index in [1.54, 1.807) is 27.7 Å². The summed E-state index contributed by atoms with van der Waals surface area (Å²) < 4.78 is 29.3. The Kier molecular flexibility index (Phi) is 5.19. The van der Waals surface area contributed by atoms with Crippen molar-refractivity contribution in [3.05, 3.63) is 0 Å². The van der Waals surface area contributed by atoms with Gasteiger partial charge in [-0.05, 0) is 40.5 Å². The van der Waals surface area contributed by atoms with Crippen molar-refractivity contribution in [2.45, 2.75) is 64.6 Å². The Morgan fingerprint density at radius 2 is 1.47 bits per heavy atom. The first-order valence-electron chi connectivity index (χ1n) is 5.85. The van der Waals surface area contributed by atoms with E-state index in [9.17, 15) is 13.2 Å². The molecule has 0 bridgehead atoms. The molecular formula is C12H24O4S. The van der Waals surface area contributed by atoms with Gasteiger partial charge in [0.25, 0.3) is 0 Å². The average molecular weight is 264 g/mol. The molecule has 5 heteroatoms. The molecule has 17 heavy (non-hydrogen) atoms. The fraction of sp³-hybridized carbons (Fsp3) is 0.917. The largest absolute Gasteiger partial charge is 0.459 e. The number of rotatable bonds is 4. The van der Waals surface area contributed by atoms with Gasteiger partial charge in [0, 0.05) is 0 Å². The number of carbonyl (C=O) groups is 1. The second-order valence-corrected chi connectivity index (χ2v) is 8.34. The molecule has 0 N–H and O–H groups in total. The Bertz CT molecular complexity index is 362. The summed E-state index contributed by atoms with van der Waals surface area (Å²) in [4.78, 5) is 11.7. The van der Waals surface area contributed by atoms with E-state index in [1.165, 1.54) is 6.92 Å². The number of hydrogen-bond acceptors (Lipinski definition) is 4. The van der Waals surface area contributed by atoms with Crippen LogP contribution in [0.4, 0.5) is 0 Å². The molecule has 0 saturated heterocycles. The van der Waals surface area contributed by atoms with Crippen molar-refractivity contribution < 1.29 is 17.9 Å². The summed E-state index contributed by atoms with van der Waals surface area (Å²) >= 11 is 0. The topological polar surface area (TPSA) is 60.4 Å². The minimum absolute atomic E-state index is 0.0233. The molecule has 0 aliphatic rings. The van der Waals surface area contributed by atoms with E-state index in [4.69, 9.17) is 4.74 Å². The molecule has 2 unspecified atom stereocenters. The molecule has 102 valence electrons. The minimum atomic E-state index is -3.48. The van der Waals surface area contributed by atoms with Crippen molar-refractivity contribution in [3.63, 3.8) is 0 Å². The fourth-order valence-corrected chi connectivity index (χ4v) is 2.94. The number of sulfone groups is 1. The molecule has 0 aromatic heterocycles. The first-order valence-corrected chi connectivity index (χ1v) is 7.46. The lowest BCUT2D eigenvalue weighted by Crippen LogP contribution is -2.40. The molecule has 2 atom stereocenters. The summed E-state index contributed by atoms with van der Waals surface area (Å²) in [6.07, 6.45) is 0. The average Bonchev–Trinajstić information content (AvgIpc) is 2.12. The van der Waals surface area contributed by atoms with Crippen molar-refractivity contribution in [2.24, 2.45) is 5.92 Å². The first kappa shape index (κ1) is 16.4. The molecule has 0 spiro atoms. The second kappa shape index (κ2) is 5.38. The minimum Gasteiger partial charge on any atom is -0.459 e. The van der Waals surface area contributed by atoms with Crippen LogP contribution >= 0.6 is 0 Å². The Labute approximate surface area is 105 Å². The summed E-state index contributed by atoms with van der Waals surface area (Å²) in [6.45, 7) is 11.8. The summed E-state index contributed by atoms with van der Waals surface area (Å²) in [7, 11) is -3.48. The van der Waals surface area contributed by atoms with Gasteiger partial charge in [0.15, 0.2) is 15.1 Å². The predicted molar refractivity (Wildman–Crippen MR) is 68.5 cm³/mol. The number of ether oxygens (including phenoxy) is 1. The summed E-state index contributed by atoms with van der Waals surface area (Å²) in [5, 5.41) is -1.66. The molecule has 0 aliphatic carbocycles. The molecule has 0 aromatic rings. The van der Waals surface area contributed by atoms with Crippen LogP contribution < -0.4 is 0 Å². The maximum atomic E-state index is 12.1. The van der Waals surface area contributed by atoms with Gasteiger partial charge < -0.3 is 4.74 Å². The predicted octanol–water partition coefficient (Wildman–Crippen LogP) is 2.18. The lowest BCUT2D eigenvalue weighted by atomic mass is 10.2. The Morgan fingerprint density at radius 3 is 1.76 bits per heavy atom. The molecule has 0 fully saturated rings. The fourth-order valence-electron chi connectivity index (χ4n) is 1.22. The van der Waals surface area contributed by atoms with Crippen LogP contribution in [-0.2, 0) is 19.4 Å². The second-order valence-electron chi connectivity index (χ2n) is 5.71. The third-order valence-electron chi connectivity index (χ3n) is 2.69. The highest BCUT2D eigenvalue weighted by molar-refractivity contribution is 7.93. The zero-order valence-corrected chi connectivity index (χ0v) is 12.6. The van der Waals surface area contributed by atoms with E-state index >= 15 is 0 Å². The van der Waals surface area contributed by atoms with Gasteiger partial charge in [-0.15, -0.1) is 0 Å². The van der Waals surface area contributed by atoms with Crippen molar-refractivity contribution in [1.29, 1.82) is 0 Å². The van der Waals surface area contributed by atoms with E-state index in [0.29, 0.717) is 0 Å². The Hall–Kier alpha value is -0.580. The van der Waals surface area contributed by atoms with E-state index < -0.39 is 31.9 Å². The van der Waals surface area contributed by atoms with E-state index in [0.717, 1.165) is 0 Å². The zero-order chi connectivity index (χ0) is 14.0. The van der Waals surface area contributed by atoms with Crippen LogP contribution in [0, 0.1) is 5.92 Å². The van der Waals surface area contributed by atoms with Crippen molar-refractivity contribution in [1.82, 2.24) is 0 Å². The van der Waals surface area contributed by atoms with Crippen LogP contribution in [0.5, 0.6) is 0 Å². The van der Waals surface area contributed by atoms with Crippen LogP contribution in [0.1, 0.15) is 48.5 Å². The van der Waals surface area contributed by atoms with E-state index in [1.807, 2.05) is 13.8 Å². The molecule has 0 saturated carbocycles. The van der Waals surface area contributed by atoms with E-state index in [2.05, 4.69) is 0 Å². The molecule has 0 heterocycles. The molecule has 0 amide bonds. The zero-order valence-electron chi connectivity index (χ0n) is 11.8. The van der Waals surface area contributed by atoms with Crippen molar-refractivity contribution in [3.8, 4) is 0 Å². The van der Waals surface area contributed by atoms with Gasteiger partial charge in [0.2, 0.25) is 0 Å². The Morgan fingerprint density at radius 1 is 1.06 bits per heavy atom. The molecule has 4 nitrogen and oxygen atoms in total. The molecule has 0 radical (unpaired) electrons. The van der Waals surface area contributed by atoms with Gasteiger partial charge in [-0.1, -0.05) is 13.8 Å². The SMILES string of the molecule is CC(C)C(C)S(=O)(=O)C(C)C(=O)OC(C)(C)C. The van der Waals surface area contributed by atoms with Crippen LogP contribution in [0.2, 0.25) is 0 Å². The van der Waals surface area contributed by atoms with Crippen molar-refractivity contribution >= 4 is 15.8 Å². The van der Waals surface area contributed by atoms with Gasteiger partial charge in [0.1, 0.15) is 5.60 Å². The van der Waals surface area contributed by atoms with Gasteiger partial charge in [-0.2, -0.15) is 0 Å². The number of esters is 1. The van der Waals surface area contributed by atoms with Crippen LogP contribution in [0.15, 0.2) is 0 Å². The summed E-state index contributed by atoms with van der Waals surface area (Å²) in [6, 6.07) is 0. The quantitative estimate of drug-likeness (QED) is 0.730. The summed E-state index contributed by atoms with van der Waals surface area (Å²) in [5.74, 6) is -0.699. The normalized spacial score (nSPS) is 16.7.